The highest BCUT2D eigenvalue weighted by atomic mass is 16.2. The topological polar surface area (TPSA) is 55.1 Å². The van der Waals surface area contributed by atoms with E-state index in [0.29, 0.717) is 0 Å². The Hall–Kier alpha value is -1.35. The fourth-order valence-electron chi connectivity index (χ4n) is 2.18. The van der Waals surface area contributed by atoms with Crippen LogP contribution in [0, 0.1) is 6.92 Å². The van der Waals surface area contributed by atoms with Crippen molar-refractivity contribution in [2.45, 2.75) is 39.2 Å². The highest BCUT2D eigenvalue weighted by Crippen LogP contribution is 2.36. The van der Waals surface area contributed by atoms with Crippen LogP contribution in [0.2, 0.25) is 0 Å². The van der Waals surface area contributed by atoms with Crippen molar-refractivity contribution in [3.05, 3.63) is 28.8 Å². The maximum absolute atomic E-state index is 11.6. The average molecular weight is 218 g/mol. The predicted molar refractivity (Wildman–Crippen MR) is 65.4 cm³/mol. The molecule has 0 radical (unpaired) electrons. The second-order valence-electron chi connectivity index (χ2n) is 4.53. The minimum absolute atomic E-state index is 0.0577. The van der Waals surface area contributed by atoms with E-state index in [1.807, 2.05) is 13.8 Å². The van der Waals surface area contributed by atoms with Gasteiger partial charge in [-0.3, -0.25) is 4.79 Å². The van der Waals surface area contributed by atoms with E-state index in [4.69, 9.17) is 5.73 Å². The number of carbonyl (C=O) groups is 1. The summed E-state index contributed by atoms with van der Waals surface area (Å²) in [6.45, 7) is 6.02. The lowest BCUT2D eigenvalue weighted by molar-refractivity contribution is -0.116. The highest BCUT2D eigenvalue weighted by molar-refractivity contribution is 6.03. The third-order valence-corrected chi connectivity index (χ3v) is 3.36. The fourth-order valence-corrected chi connectivity index (χ4v) is 2.18. The summed E-state index contributed by atoms with van der Waals surface area (Å²) < 4.78 is 0. The first-order chi connectivity index (χ1) is 7.54. The van der Waals surface area contributed by atoms with Gasteiger partial charge in [-0.05, 0) is 37.0 Å². The lowest BCUT2D eigenvalue weighted by atomic mass is 9.94. The molecule has 2 unspecified atom stereocenters. The van der Waals surface area contributed by atoms with Gasteiger partial charge in [0.05, 0.1) is 5.92 Å². The Bertz CT molecular complexity index is 440. The molecule has 1 amide bonds. The number of anilines is 1. The molecule has 0 fully saturated rings. The third-order valence-electron chi connectivity index (χ3n) is 3.36. The van der Waals surface area contributed by atoms with Gasteiger partial charge >= 0.3 is 0 Å². The number of rotatable bonds is 2. The highest BCUT2D eigenvalue weighted by Gasteiger charge is 2.28. The third kappa shape index (κ3) is 1.61. The van der Waals surface area contributed by atoms with Crippen LogP contribution in [-0.2, 0) is 4.79 Å². The number of hydrogen-bond donors (Lipinski definition) is 2. The number of hydrogen-bond acceptors (Lipinski definition) is 2. The molecular formula is C13H18N2O. The Morgan fingerprint density at radius 2 is 2.19 bits per heavy atom. The quantitative estimate of drug-likeness (QED) is 0.801. The number of nitrogens with one attached hydrogen (secondary N) is 1. The first kappa shape index (κ1) is 11.1. The molecule has 1 aromatic carbocycles. The summed E-state index contributed by atoms with van der Waals surface area (Å²) in [5, 5.41) is 2.92. The molecule has 1 aromatic rings. The number of aryl methyl sites for hydroxylation is 1. The van der Waals surface area contributed by atoms with Crippen LogP contribution in [0.5, 0.6) is 0 Å². The zero-order chi connectivity index (χ0) is 11.9. The van der Waals surface area contributed by atoms with Crippen molar-refractivity contribution in [2.24, 2.45) is 5.73 Å². The molecule has 3 nitrogen and oxygen atoms in total. The SMILES string of the molecule is CCC(N)c1cc(C)c2c(c1)C(C)C(=O)N2. The van der Waals surface area contributed by atoms with E-state index in [1.54, 1.807) is 0 Å². The Kier molecular flexibility index (Phi) is 2.72. The van der Waals surface area contributed by atoms with Crippen LogP contribution in [0.15, 0.2) is 12.1 Å². The van der Waals surface area contributed by atoms with Gasteiger partial charge in [-0.25, -0.2) is 0 Å². The van der Waals surface area contributed by atoms with Crippen molar-refractivity contribution < 1.29 is 4.79 Å². The maximum Gasteiger partial charge on any atom is 0.231 e. The van der Waals surface area contributed by atoms with Gasteiger partial charge in [0.2, 0.25) is 5.91 Å². The molecule has 0 saturated carbocycles. The molecule has 1 aliphatic heterocycles. The molecule has 3 heteroatoms. The number of carbonyl (C=O) groups excluding carboxylic acids is 1. The van der Waals surface area contributed by atoms with Crippen molar-refractivity contribution in [1.82, 2.24) is 0 Å². The normalized spacial score (nSPS) is 20.5. The van der Waals surface area contributed by atoms with Crippen LogP contribution in [0.25, 0.3) is 0 Å². The second kappa shape index (κ2) is 3.91. The first-order valence-electron chi connectivity index (χ1n) is 5.75. The van der Waals surface area contributed by atoms with Crippen molar-refractivity contribution in [1.29, 1.82) is 0 Å². The van der Waals surface area contributed by atoms with Crippen LogP contribution in [-0.4, -0.2) is 5.91 Å². The lowest BCUT2D eigenvalue weighted by Crippen LogP contribution is -2.09. The smallest absolute Gasteiger partial charge is 0.231 e. The molecule has 0 spiro atoms. The van der Waals surface area contributed by atoms with Gasteiger partial charge in [0.15, 0.2) is 0 Å². The first-order valence-corrected chi connectivity index (χ1v) is 5.75. The number of benzene rings is 1. The monoisotopic (exact) mass is 218 g/mol. The molecule has 0 aliphatic carbocycles. The van der Waals surface area contributed by atoms with Gasteiger partial charge < -0.3 is 11.1 Å². The predicted octanol–water partition coefficient (Wildman–Crippen LogP) is 2.46. The molecule has 1 heterocycles. The molecule has 0 saturated heterocycles. The Morgan fingerprint density at radius 3 is 2.81 bits per heavy atom. The molecule has 16 heavy (non-hydrogen) atoms. The zero-order valence-corrected chi connectivity index (χ0v) is 10.0. The second-order valence-corrected chi connectivity index (χ2v) is 4.53. The summed E-state index contributed by atoms with van der Waals surface area (Å²) in [5.74, 6) is 0.0260. The summed E-state index contributed by atoms with van der Waals surface area (Å²) in [5.41, 5.74) is 10.3. The molecule has 1 aliphatic rings. The Morgan fingerprint density at radius 1 is 1.50 bits per heavy atom. The molecule has 2 atom stereocenters. The van der Waals surface area contributed by atoms with E-state index in [0.717, 1.165) is 28.8 Å². The molecule has 2 rings (SSSR count). The van der Waals surface area contributed by atoms with Crippen molar-refractivity contribution in [3.8, 4) is 0 Å². The van der Waals surface area contributed by atoms with Gasteiger partial charge in [-0.1, -0.05) is 19.1 Å². The molecule has 86 valence electrons. The lowest BCUT2D eigenvalue weighted by Gasteiger charge is -2.13. The van der Waals surface area contributed by atoms with Gasteiger partial charge in [0.1, 0.15) is 0 Å². The Labute approximate surface area is 96.0 Å². The largest absolute Gasteiger partial charge is 0.325 e. The van der Waals surface area contributed by atoms with Crippen LogP contribution in [0.1, 0.15) is 48.9 Å². The summed E-state index contributed by atoms with van der Waals surface area (Å²) in [7, 11) is 0. The van der Waals surface area contributed by atoms with E-state index < -0.39 is 0 Å². The molecule has 0 bridgehead atoms. The fraction of sp³-hybridized carbons (Fsp3) is 0.462. The van der Waals surface area contributed by atoms with Gasteiger partial charge in [-0.2, -0.15) is 0 Å². The van der Waals surface area contributed by atoms with Crippen LogP contribution < -0.4 is 11.1 Å². The van der Waals surface area contributed by atoms with Crippen LogP contribution >= 0.6 is 0 Å². The summed E-state index contributed by atoms with van der Waals surface area (Å²) in [6, 6.07) is 4.21. The van der Waals surface area contributed by atoms with E-state index in [-0.39, 0.29) is 17.9 Å². The molecule has 3 N–H and O–H groups in total. The average Bonchev–Trinajstić information content (AvgIpc) is 2.56. The van der Waals surface area contributed by atoms with Gasteiger partial charge in [-0.15, -0.1) is 0 Å². The van der Waals surface area contributed by atoms with Crippen molar-refractivity contribution >= 4 is 11.6 Å². The summed E-state index contributed by atoms with van der Waals surface area (Å²) in [6.07, 6.45) is 0.911. The number of nitrogens with two attached hydrogens (primary N) is 1. The number of amides is 1. The van der Waals surface area contributed by atoms with Crippen LogP contribution in [0.3, 0.4) is 0 Å². The minimum atomic E-state index is -0.0577. The number of fused-ring (bicyclic) bond motifs is 1. The maximum atomic E-state index is 11.6. The van der Waals surface area contributed by atoms with E-state index in [2.05, 4.69) is 24.4 Å². The van der Waals surface area contributed by atoms with Crippen molar-refractivity contribution in [2.75, 3.05) is 5.32 Å². The van der Waals surface area contributed by atoms with E-state index in [9.17, 15) is 4.79 Å². The van der Waals surface area contributed by atoms with Gasteiger partial charge in [0, 0.05) is 11.7 Å². The zero-order valence-electron chi connectivity index (χ0n) is 10.0. The molecular weight excluding hydrogens is 200 g/mol. The Balaban J connectivity index is 2.50. The minimum Gasteiger partial charge on any atom is -0.325 e. The van der Waals surface area contributed by atoms with Crippen molar-refractivity contribution in [3.63, 3.8) is 0 Å². The summed E-state index contributed by atoms with van der Waals surface area (Å²) in [4.78, 5) is 11.6. The molecule has 0 aromatic heterocycles. The standard InChI is InChI=1S/C13H18N2O/c1-4-11(14)9-5-7(2)12-10(6-9)8(3)13(16)15-12/h5-6,8,11H,4,14H2,1-3H3,(H,15,16). The van der Waals surface area contributed by atoms with E-state index >= 15 is 0 Å². The van der Waals surface area contributed by atoms with Gasteiger partial charge in [0.25, 0.3) is 0 Å². The van der Waals surface area contributed by atoms with E-state index in [1.165, 1.54) is 0 Å². The van der Waals surface area contributed by atoms with Crippen LogP contribution in [0.4, 0.5) is 5.69 Å². The summed E-state index contributed by atoms with van der Waals surface area (Å²) >= 11 is 0.